The van der Waals surface area contributed by atoms with Crippen LogP contribution in [0.25, 0.3) is 0 Å². The molecule has 21 heavy (non-hydrogen) atoms. The van der Waals surface area contributed by atoms with Crippen molar-refractivity contribution >= 4 is 11.7 Å². The Morgan fingerprint density at radius 3 is 2.33 bits per heavy atom. The minimum Gasteiger partial charge on any atom is -0.313 e. The maximum absolute atomic E-state index is 11.8. The van der Waals surface area contributed by atoms with Crippen LogP contribution in [0.15, 0.2) is 65.8 Å². The van der Waals surface area contributed by atoms with Gasteiger partial charge in [0.15, 0.2) is 0 Å². The first kappa shape index (κ1) is 13.6. The minimum absolute atomic E-state index is 0.395. The Labute approximate surface area is 124 Å². The summed E-state index contributed by atoms with van der Waals surface area (Å²) in [5.74, 6) is 0.00411. The summed E-state index contributed by atoms with van der Waals surface area (Å²) in [6.45, 7) is 0. The second kappa shape index (κ2) is 6.35. The quantitative estimate of drug-likeness (QED) is 0.630. The van der Waals surface area contributed by atoms with Crippen molar-refractivity contribution in [3.63, 3.8) is 0 Å². The Morgan fingerprint density at radius 2 is 1.71 bits per heavy atom. The van der Waals surface area contributed by atoms with Crippen molar-refractivity contribution in [1.82, 2.24) is 0 Å². The summed E-state index contributed by atoms with van der Waals surface area (Å²) in [5, 5.41) is 4.05. The van der Waals surface area contributed by atoms with E-state index in [1.807, 2.05) is 36.4 Å². The number of oxime groups is 1. The Kier molecular flexibility index (Phi) is 4.10. The Hall–Kier alpha value is -2.42. The fourth-order valence-electron chi connectivity index (χ4n) is 2.44. The first-order valence-corrected chi connectivity index (χ1v) is 7.20. The molecule has 3 heteroatoms. The number of rotatable bonds is 4. The maximum atomic E-state index is 11.8. The third-order valence-electron chi connectivity index (χ3n) is 3.80. The zero-order valence-corrected chi connectivity index (χ0v) is 11.7. The Balaban J connectivity index is 1.58. The van der Waals surface area contributed by atoms with Gasteiger partial charge in [0.25, 0.3) is 0 Å². The summed E-state index contributed by atoms with van der Waals surface area (Å²) in [7, 11) is 0. The molecule has 2 aromatic carbocycles. The summed E-state index contributed by atoms with van der Waals surface area (Å²) in [5.41, 5.74) is 2.81. The average molecular weight is 279 g/mol. The second-order valence-electron chi connectivity index (χ2n) is 5.25. The van der Waals surface area contributed by atoms with Crippen molar-refractivity contribution < 1.29 is 9.63 Å². The summed E-state index contributed by atoms with van der Waals surface area (Å²) in [6.07, 6.45) is 2.98. The minimum atomic E-state index is -0.395. The van der Waals surface area contributed by atoms with E-state index in [0.29, 0.717) is 11.5 Å². The van der Waals surface area contributed by atoms with Crippen LogP contribution >= 0.6 is 0 Å². The molecule has 3 rings (SSSR count). The van der Waals surface area contributed by atoms with Crippen molar-refractivity contribution in [2.45, 2.75) is 19.3 Å². The van der Waals surface area contributed by atoms with E-state index in [-0.39, 0.29) is 0 Å². The molecule has 0 saturated heterocycles. The highest BCUT2D eigenvalue weighted by molar-refractivity contribution is 5.93. The molecule has 0 spiro atoms. The van der Waals surface area contributed by atoms with Crippen molar-refractivity contribution in [3.05, 3.63) is 71.8 Å². The van der Waals surface area contributed by atoms with Gasteiger partial charge < -0.3 is 4.84 Å². The molecule has 0 N–H and O–H groups in total. The van der Waals surface area contributed by atoms with E-state index < -0.39 is 5.97 Å². The first-order valence-electron chi connectivity index (χ1n) is 7.20. The lowest BCUT2D eigenvalue weighted by molar-refractivity contribution is 0.0509. The van der Waals surface area contributed by atoms with Crippen LogP contribution in [0.4, 0.5) is 0 Å². The van der Waals surface area contributed by atoms with Crippen LogP contribution in [-0.4, -0.2) is 11.7 Å². The maximum Gasteiger partial charge on any atom is 0.365 e. The highest BCUT2D eigenvalue weighted by Gasteiger charge is 2.27. The number of hydrogen-bond acceptors (Lipinski definition) is 3. The third-order valence-corrected chi connectivity index (χ3v) is 3.80. The van der Waals surface area contributed by atoms with Crippen molar-refractivity contribution in [3.8, 4) is 0 Å². The smallest absolute Gasteiger partial charge is 0.313 e. The molecular formula is C18H17NO2. The van der Waals surface area contributed by atoms with E-state index in [0.717, 1.165) is 25.0 Å². The van der Waals surface area contributed by atoms with Gasteiger partial charge in [-0.3, -0.25) is 0 Å². The topological polar surface area (TPSA) is 38.7 Å². The lowest BCUT2D eigenvalue weighted by Gasteiger charge is -2.27. The summed E-state index contributed by atoms with van der Waals surface area (Å²) in [4.78, 5) is 16.9. The molecule has 1 atom stereocenters. The molecule has 1 aliphatic carbocycles. The molecule has 1 unspecified atom stereocenters. The first-order chi connectivity index (χ1) is 10.3. The van der Waals surface area contributed by atoms with Gasteiger partial charge in [0.1, 0.15) is 0 Å². The van der Waals surface area contributed by atoms with Crippen molar-refractivity contribution in [2.24, 2.45) is 11.1 Å². The van der Waals surface area contributed by atoms with Gasteiger partial charge in [-0.1, -0.05) is 53.7 Å². The van der Waals surface area contributed by atoms with Crippen molar-refractivity contribution in [2.75, 3.05) is 0 Å². The molecule has 1 aliphatic rings. The standard InChI is InChI=1S/C18H17NO2/c20-18(15-9-5-2-6-10-15)21-19-17-12-11-16(17)13-14-7-3-1-4-8-14/h1-10,16H,11-13H2/b19-17-. The van der Waals surface area contributed by atoms with E-state index in [1.54, 1.807) is 12.1 Å². The van der Waals surface area contributed by atoms with Gasteiger partial charge >= 0.3 is 5.97 Å². The molecule has 0 amide bonds. The molecule has 106 valence electrons. The molecule has 1 fully saturated rings. The van der Waals surface area contributed by atoms with Crippen LogP contribution in [0.1, 0.15) is 28.8 Å². The van der Waals surface area contributed by atoms with E-state index in [9.17, 15) is 4.79 Å². The highest BCUT2D eigenvalue weighted by atomic mass is 16.7. The van der Waals surface area contributed by atoms with Crippen molar-refractivity contribution in [1.29, 1.82) is 0 Å². The normalized spacial score (nSPS) is 19.0. The summed E-state index contributed by atoms with van der Waals surface area (Å²) in [6, 6.07) is 19.3. The van der Waals surface area contributed by atoms with Gasteiger partial charge in [-0.05, 0) is 37.0 Å². The summed E-state index contributed by atoms with van der Waals surface area (Å²) < 4.78 is 0. The number of nitrogens with zero attached hydrogens (tertiary/aromatic N) is 1. The van der Waals surface area contributed by atoms with Gasteiger partial charge in [-0.15, -0.1) is 0 Å². The molecule has 0 radical (unpaired) electrons. The summed E-state index contributed by atoms with van der Waals surface area (Å²) >= 11 is 0. The molecular weight excluding hydrogens is 262 g/mol. The number of carbonyl (C=O) groups excluding carboxylic acids is 1. The largest absolute Gasteiger partial charge is 0.365 e. The van der Waals surface area contributed by atoms with Gasteiger partial charge in [-0.2, -0.15) is 0 Å². The predicted octanol–water partition coefficient (Wildman–Crippen LogP) is 3.85. The predicted molar refractivity (Wildman–Crippen MR) is 82.2 cm³/mol. The van der Waals surface area contributed by atoms with E-state index in [4.69, 9.17) is 4.84 Å². The lowest BCUT2D eigenvalue weighted by atomic mass is 9.79. The zero-order chi connectivity index (χ0) is 14.5. The number of benzene rings is 2. The fraction of sp³-hybridized carbons (Fsp3) is 0.222. The van der Waals surface area contributed by atoms with Gasteiger partial charge in [0, 0.05) is 5.92 Å². The van der Waals surface area contributed by atoms with Crippen LogP contribution in [0.5, 0.6) is 0 Å². The van der Waals surface area contributed by atoms with Crippen LogP contribution in [0.2, 0.25) is 0 Å². The lowest BCUT2D eigenvalue weighted by Crippen LogP contribution is -2.28. The molecule has 3 nitrogen and oxygen atoms in total. The molecule has 0 bridgehead atoms. The third kappa shape index (κ3) is 3.37. The number of hydrogen-bond donors (Lipinski definition) is 0. The number of carbonyl (C=O) groups is 1. The van der Waals surface area contributed by atoms with Crippen LogP contribution in [0.3, 0.4) is 0 Å². The second-order valence-corrected chi connectivity index (χ2v) is 5.25. The Bertz CT molecular complexity index is 635. The zero-order valence-electron chi connectivity index (χ0n) is 11.7. The monoisotopic (exact) mass is 279 g/mol. The molecule has 0 heterocycles. The SMILES string of the molecule is O=C(O/N=C1/CCC1Cc1ccccc1)c1ccccc1. The average Bonchev–Trinajstić information content (AvgIpc) is 2.53. The highest BCUT2D eigenvalue weighted by Crippen LogP contribution is 2.28. The molecule has 2 aromatic rings. The molecule has 0 aliphatic heterocycles. The van der Waals surface area contributed by atoms with Gasteiger partial charge in [0.05, 0.1) is 11.3 Å². The van der Waals surface area contributed by atoms with E-state index >= 15 is 0 Å². The van der Waals surface area contributed by atoms with Crippen LogP contribution in [-0.2, 0) is 11.3 Å². The van der Waals surface area contributed by atoms with E-state index in [2.05, 4.69) is 17.3 Å². The van der Waals surface area contributed by atoms with Gasteiger partial charge in [0.2, 0.25) is 0 Å². The van der Waals surface area contributed by atoms with Gasteiger partial charge in [-0.25, -0.2) is 4.79 Å². The Morgan fingerprint density at radius 1 is 1.05 bits per heavy atom. The fourth-order valence-corrected chi connectivity index (χ4v) is 2.44. The molecule has 0 aromatic heterocycles. The van der Waals surface area contributed by atoms with Crippen LogP contribution < -0.4 is 0 Å². The van der Waals surface area contributed by atoms with E-state index in [1.165, 1.54) is 5.56 Å². The van der Waals surface area contributed by atoms with Crippen LogP contribution in [0, 0.1) is 5.92 Å². The molecule has 1 saturated carbocycles.